The number of hydrogen-bond acceptors (Lipinski definition) is 7. The van der Waals surface area contributed by atoms with E-state index in [1.165, 1.54) is 11.1 Å². The Morgan fingerprint density at radius 1 is 1.00 bits per heavy atom. The molecule has 2 aromatic heterocycles. The Balaban J connectivity index is 1.07. The van der Waals surface area contributed by atoms with Crippen molar-refractivity contribution in [2.45, 2.75) is 83.6 Å². The molecule has 5 aliphatic rings. The van der Waals surface area contributed by atoms with Crippen molar-refractivity contribution in [1.29, 1.82) is 0 Å². The van der Waals surface area contributed by atoms with Crippen LogP contribution in [0.25, 0.3) is 11.1 Å². The molecule has 0 N–H and O–H groups in total. The summed E-state index contributed by atoms with van der Waals surface area (Å²) in [6.45, 7) is 9.16. The number of halogens is 1. The minimum atomic E-state index is -1.92. The summed E-state index contributed by atoms with van der Waals surface area (Å²) in [6, 6.07) is 11.1. The number of amides is 2. The number of carbonyl (C=O) groups is 2. The summed E-state index contributed by atoms with van der Waals surface area (Å²) in [4.78, 5) is 36.2. The number of nitrogens with zero attached hydrogens (tertiary/aromatic N) is 5. The van der Waals surface area contributed by atoms with Crippen LogP contribution in [0.15, 0.2) is 48.9 Å². The Labute approximate surface area is 310 Å². The van der Waals surface area contributed by atoms with E-state index in [9.17, 15) is 9.59 Å². The van der Waals surface area contributed by atoms with Crippen molar-refractivity contribution in [3.05, 3.63) is 60.0 Å². The summed E-state index contributed by atoms with van der Waals surface area (Å²) in [6.07, 6.45) is 13.9. The third-order valence-corrected chi connectivity index (χ3v) is 16.8. The summed E-state index contributed by atoms with van der Waals surface area (Å²) < 4.78 is 20.5. The second-order valence-corrected chi connectivity index (χ2v) is 20.6. The molecule has 10 nitrogen and oxygen atoms in total. The molecule has 1 aromatic carbocycles. The molecule has 11 heteroatoms. The van der Waals surface area contributed by atoms with Gasteiger partial charge in [0.25, 0.3) is 0 Å². The Morgan fingerprint density at radius 3 is 2.35 bits per heavy atom. The predicted molar refractivity (Wildman–Crippen MR) is 208 cm³/mol. The molecule has 3 aliphatic carbocycles. The molecule has 2 saturated heterocycles. The Morgan fingerprint density at radius 2 is 1.73 bits per heavy atom. The molecular weight excluding hydrogens is 757 g/mol. The number of aromatic nitrogens is 3. The van der Waals surface area contributed by atoms with Gasteiger partial charge < -0.3 is 4.74 Å². The average molecular weight is 812 g/mol. The topological polar surface area (TPSA) is 99.0 Å². The SMILES string of the molecule is COCC1CN(C(=O)OI2CCC(C(=O)N(CC34CCC(c5ccc(OC)c(C)c5)(CC3)CC4)c3cc(-c4cnn(C(C)C)c4)ccn3)CC2)C1. The molecule has 8 rings (SSSR count). The minimum absolute atomic E-state index is 0.0691. The molecule has 2 amide bonds. The fourth-order valence-corrected chi connectivity index (χ4v) is 13.4. The van der Waals surface area contributed by atoms with E-state index in [-0.39, 0.29) is 34.8 Å². The van der Waals surface area contributed by atoms with Crippen LogP contribution in [-0.4, -0.2) is 81.0 Å². The second-order valence-electron chi connectivity index (χ2n) is 15.7. The van der Waals surface area contributed by atoms with Gasteiger partial charge in [-0.15, -0.1) is 0 Å². The van der Waals surface area contributed by atoms with Gasteiger partial charge in [-0.2, -0.15) is 0 Å². The summed E-state index contributed by atoms with van der Waals surface area (Å²) in [5.74, 6) is 2.16. The van der Waals surface area contributed by atoms with Gasteiger partial charge in [0.05, 0.1) is 7.11 Å². The Bertz CT molecular complexity index is 1690. The standard InChI is InChI=1S/C40H54IN5O5/c1-28(2)46-25-33(22-43-46)32-10-19-42-36(21-32)45(37(47)31-8-17-41(18-9-31)51-38(48)44-23-30(24-44)26-49-4)27-39-11-14-40(15-12-39,16-13-39)34-6-7-35(50-5)29(3)20-34/h6-7,10,19-22,25,28,30-31H,8-9,11-18,23-24,26-27H2,1-5H3. The number of pyridine rings is 1. The van der Waals surface area contributed by atoms with Crippen LogP contribution in [-0.2, 0) is 18.0 Å². The van der Waals surface area contributed by atoms with Crippen molar-refractivity contribution in [2.24, 2.45) is 17.3 Å². The van der Waals surface area contributed by atoms with E-state index < -0.39 is 20.2 Å². The normalized spacial score (nSPS) is 24.4. The first-order chi connectivity index (χ1) is 24.6. The number of ether oxygens (including phenoxy) is 2. The van der Waals surface area contributed by atoms with Gasteiger partial charge in [-0.25, -0.2) is 0 Å². The van der Waals surface area contributed by atoms with Gasteiger partial charge >= 0.3 is 262 Å². The zero-order valence-corrected chi connectivity index (χ0v) is 33.1. The number of benzene rings is 1. The number of hydrogen-bond donors (Lipinski definition) is 0. The van der Waals surface area contributed by atoms with Crippen molar-refractivity contribution < 1.29 is 22.1 Å². The number of aryl methyl sites for hydroxylation is 1. The fraction of sp³-hybridized carbons (Fsp3) is 0.600. The van der Waals surface area contributed by atoms with E-state index in [0.29, 0.717) is 32.2 Å². The molecular formula is C40H54IN5O5. The first kappa shape index (κ1) is 36.2. The average Bonchev–Trinajstić information content (AvgIpc) is 3.64. The van der Waals surface area contributed by atoms with Gasteiger partial charge in [0.2, 0.25) is 0 Å². The third-order valence-electron chi connectivity index (χ3n) is 12.1. The van der Waals surface area contributed by atoms with Crippen LogP contribution in [0.5, 0.6) is 5.75 Å². The van der Waals surface area contributed by atoms with Gasteiger partial charge in [0.1, 0.15) is 5.75 Å². The van der Waals surface area contributed by atoms with Crippen LogP contribution in [0.4, 0.5) is 10.6 Å². The van der Waals surface area contributed by atoms with Crippen LogP contribution in [0, 0.1) is 24.2 Å². The quantitative estimate of drug-likeness (QED) is 0.143. The van der Waals surface area contributed by atoms with Crippen molar-refractivity contribution in [3.8, 4) is 16.9 Å². The zero-order valence-electron chi connectivity index (χ0n) is 30.9. The summed E-state index contributed by atoms with van der Waals surface area (Å²) in [5.41, 5.74) is 4.94. The molecule has 4 heterocycles. The summed E-state index contributed by atoms with van der Waals surface area (Å²) in [5, 5.41) is 4.57. The van der Waals surface area contributed by atoms with E-state index in [2.05, 4.69) is 56.3 Å². The number of likely N-dealkylation sites (tertiary alicyclic amines) is 1. The summed E-state index contributed by atoms with van der Waals surface area (Å²) in [7, 11) is 3.44. The first-order valence-electron chi connectivity index (χ1n) is 18.7. The zero-order chi connectivity index (χ0) is 35.8. The molecule has 5 fully saturated rings. The molecule has 51 heavy (non-hydrogen) atoms. The van der Waals surface area contributed by atoms with Gasteiger partial charge in [0.15, 0.2) is 0 Å². The maximum atomic E-state index is 14.7. The number of methoxy groups -OCH3 is 2. The van der Waals surface area contributed by atoms with Crippen LogP contribution in [0.1, 0.15) is 82.4 Å². The van der Waals surface area contributed by atoms with Crippen LogP contribution in [0.2, 0.25) is 0 Å². The first-order valence-corrected chi connectivity index (χ1v) is 22.6. The van der Waals surface area contributed by atoms with Gasteiger partial charge in [-0.1, -0.05) is 0 Å². The van der Waals surface area contributed by atoms with Crippen molar-refractivity contribution >= 4 is 38.1 Å². The summed E-state index contributed by atoms with van der Waals surface area (Å²) >= 11 is -1.92. The number of rotatable bonds is 11. The second kappa shape index (κ2) is 15.0. The van der Waals surface area contributed by atoms with Crippen molar-refractivity contribution in [3.63, 3.8) is 0 Å². The van der Waals surface area contributed by atoms with Gasteiger partial charge in [-0.3, -0.25) is 0 Å². The molecule has 0 spiro atoms. The van der Waals surface area contributed by atoms with E-state index >= 15 is 0 Å². The molecule has 2 aliphatic heterocycles. The van der Waals surface area contributed by atoms with E-state index in [0.717, 1.165) is 82.9 Å². The van der Waals surface area contributed by atoms with Crippen LogP contribution >= 0.6 is 20.2 Å². The van der Waals surface area contributed by atoms with Crippen molar-refractivity contribution in [1.82, 2.24) is 19.7 Å². The molecule has 3 aromatic rings. The number of fused-ring (bicyclic) bond motifs is 3. The van der Waals surface area contributed by atoms with Crippen LogP contribution < -0.4 is 9.64 Å². The maximum absolute atomic E-state index is 14.7. The fourth-order valence-electron chi connectivity index (χ4n) is 8.76. The molecule has 3 saturated carbocycles. The Hall–Kier alpha value is -3.19. The van der Waals surface area contributed by atoms with E-state index in [4.69, 9.17) is 17.5 Å². The number of alkyl halides is 2. The predicted octanol–water partition coefficient (Wildman–Crippen LogP) is 8.01. The third kappa shape index (κ3) is 7.52. The molecule has 0 radical (unpaired) electrons. The van der Waals surface area contributed by atoms with E-state index in [1.54, 1.807) is 19.1 Å². The monoisotopic (exact) mass is 811 g/mol. The van der Waals surface area contributed by atoms with E-state index in [1.807, 2.05) is 28.0 Å². The number of carbonyl (C=O) groups excluding carboxylic acids is 2. The van der Waals surface area contributed by atoms with Gasteiger partial charge in [-0.05, 0) is 32.4 Å². The molecule has 0 unspecified atom stereocenters. The Kier molecular flexibility index (Phi) is 10.7. The van der Waals surface area contributed by atoms with Gasteiger partial charge in [0, 0.05) is 0 Å². The molecule has 0 atom stereocenters. The molecule has 2 bridgehead atoms. The van der Waals surface area contributed by atoms with Crippen LogP contribution in [0.3, 0.4) is 0 Å². The molecule has 276 valence electrons. The number of anilines is 1. The van der Waals surface area contributed by atoms with Crippen molar-refractivity contribution in [2.75, 3.05) is 54.2 Å².